The number of rotatable bonds is 2. The molecule has 3 nitrogen and oxygen atoms in total. The summed E-state index contributed by atoms with van der Waals surface area (Å²) in [5.41, 5.74) is 1.73. The Labute approximate surface area is 93.3 Å². The topological polar surface area (TPSA) is 55.9 Å². The van der Waals surface area contributed by atoms with Crippen LogP contribution in [0.3, 0.4) is 0 Å². The minimum absolute atomic E-state index is 0. The Kier molecular flexibility index (Phi) is 3.40. The van der Waals surface area contributed by atoms with Crippen LogP contribution in [0.25, 0.3) is 10.9 Å². The number of aromatic amines is 1. The van der Waals surface area contributed by atoms with Gasteiger partial charge in [-0.3, -0.25) is 0 Å². The van der Waals surface area contributed by atoms with E-state index in [1.165, 1.54) is 0 Å². The van der Waals surface area contributed by atoms with Crippen molar-refractivity contribution in [3.63, 3.8) is 0 Å². The molecule has 1 heterocycles. The van der Waals surface area contributed by atoms with Gasteiger partial charge < -0.3 is 14.9 Å². The summed E-state index contributed by atoms with van der Waals surface area (Å²) in [7, 11) is 0. The van der Waals surface area contributed by atoms with Crippen LogP contribution >= 0.6 is 0 Å². The van der Waals surface area contributed by atoms with Crippen LogP contribution in [0.15, 0.2) is 30.5 Å². The van der Waals surface area contributed by atoms with Gasteiger partial charge in [-0.1, -0.05) is 18.2 Å². The van der Waals surface area contributed by atoms with Crippen molar-refractivity contribution >= 4 is 16.9 Å². The van der Waals surface area contributed by atoms with Crippen LogP contribution in [0.5, 0.6) is 0 Å². The molecule has 0 aliphatic carbocycles. The number of carbonyl (C=O) groups excluding carboxylic acids is 1. The molecule has 1 N–H and O–H groups in total. The van der Waals surface area contributed by atoms with Crippen molar-refractivity contribution < 1.29 is 28.8 Å². The summed E-state index contributed by atoms with van der Waals surface area (Å²) in [4.78, 5) is 13.4. The maximum Gasteiger partial charge on any atom is 1.00 e. The number of carboxylic acids is 1. The molecule has 1 aromatic heterocycles. The Bertz CT molecular complexity index is 450. The third kappa shape index (κ3) is 2.01. The first kappa shape index (κ1) is 10.9. The Hall–Kier alpha value is -1.17. The Balaban J connectivity index is 0.000000980. The first-order valence-electron chi connectivity index (χ1n) is 4.02. The molecule has 66 valence electrons. The quantitative estimate of drug-likeness (QED) is 0.519. The molecule has 0 aliphatic rings. The fraction of sp³-hybridized carbons (Fsp3) is 0.100. The number of hydrogen-bond acceptors (Lipinski definition) is 2. The molecule has 0 aliphatic heterocycles. The molecule has 2 aromatic rings. The Morgan fingerprint density at radius 2 is 2.07 bits per heavy atom. The van der Waals surface area contributed by atoms with Crippen LogP contribution in [-0.4, -0.2) is 11.0 Å². The van der Waals surface area contributed by atoms with E-state index in [0.717, 1.165) is 16.5 Å². The molecule has 0 bridgehead atoms. The maximum atomic E-state index is 10.4. The van der Waals surface area contributed by atoms with E-state index in [1.54, 1.807) is 6.20 Å². The zero-order valence-electron chi connectivity index (χ0n) is 7.91. The van der Waals surface area contributed by atoms with Crippen molar-refractivity contribution in [3.8, 4) is 0 Å². The molecule has 0 saturated heterocycles. The van der Waals surface area contributed by atoms with Crippen molar-refractivity contribution in [2.24, 2.45) is 0 Å². The maximum absolute atomic E-state index is 10.4. The monoisotopic (exact) mass is 181 g/mol. The Morgan fingerprint density at radius 3 is 2.79 bits per heavy atom. The number of aromatic nitrogens is 1. The molecule has 0 unspecified atom stereocenters. The van der Waals surface area contributed by atoms with Gasteiger partial charge in [-0.25, -0.2) is 0 Å². The second-order valence-electron chi connectivity index (χ2n) is 2.91. The number of nitrogens with one attached hydrogen (secondary N) is 1. The van der Waals surface area contributed by atoms with Gasteiger partial charge >= 0.3 is 18.9 Å². The van der Waals surface area contributed by atoms with E-state index in [0.29, 0.717) is 0 Å². The van der Waals surface area contributed by atoms with Crippen molar-refractivity contribution in [1.82, 2.24) is 4.98 Å². The molecule has 4 heteroatoms. The molecule has 0 atom stereocenters. The average molecular weight is 181 g/mol. The first-order valence-corrected chi connectivity index (χ1v) is 4.02. The standard InChI is InChI=1S/C10H9NO2.Li/c12-10(13)5-7-6-11-9-4-2-1-3-8(7)9;/h1-4,6,11H,5H2,(H,12,13);/q;+1/p-1. The van der Waals surface area contributed by atoms with Crippen LogP contribution in [-0.2, 0) is 11.2 Å². The summed E-state index contributed by atoms with van der Waals surface area (Å²) < 4.78 is 0. The number of hydrogen-bond donors (Lipinski definition) is 1. The van der Waals surface area contributed by atoms with E-state index in [4.69, 9.17) is 0 Å². The van der Waals surface area contributed by atoms with E-state index in [2.05, 4.69) is 4.98 Å². The summed E-state index contributed by atoms with van der Waals surface area (Å²) in [6.45, 7) is 0. The molecule has 0 fully saturated rings. The number of fused-ring (bicyclic) bond motifs is 1. The predicted octanol–water partition coefficient (Wildman–Crippen LogP) is -2.54. The number of benzene rings is 1. The van der Waals surface area contributed by atoms with Crippen LogP contribution in [0.2, 0.25) is 0 Å². The van der Waals surface area contributed by atoms with E-state index >= 15 is 0 Å². The van der Waals surface area contributed by atoms with Gasteiger partial charge in [-0.05, 0) is 11.6 Å². The predicted molar refractivity (Wildman–Crippen MR) is 47.0 cm³/mol. The summed E-state index contributed by atoms with van der Waals surface area (Å²) in [5, 5.41) is 11.3. The minimum atomic E-state index is -1.05. The van der Waals surface area contributed by atoms with Gasteiger partial charge in [-0.15, -0.1) is 0 Å². The zero-order valence-corrected chi connectivity index (χ0v) is 7.91. The van der Waals surface area contributed by atoms with Gasteiger partial charge in [0.25, 0.3) is 0 Å². The molecule has 1 aromatic carbocycles. The minimum Gasteiger partial charge on any atom is -0.550 e. The molecule has 0 saturated carbocycles. The van der Waals surface area contributed by atoms with Gasteiger partial charge in [0.15, 0.2) is 0 Å². The summed E-state index contributed by atoms with van der Waals surface area (Å²) in [6, 6.07) is 7.59. The first-order chi connectivity index (χ1) is 6.27. The van der Waals surface area contributed by atoms with Crippen LogP contribution in [0.1, 0.15) is 5.56 Å². The smallest absolute Gasteiger partial charge is 0.550 e. The van der Waals surface area contributed by atoms with Gasteiger partial charge in [0, 0.05) is 29.5 Å². The van der Waals surface area contributed by atoms with Crippen LogP contribution in [0, 0.1) is 0 Å². The van der Waals surface area contributed by atoms with E-state index in [1.807, 2.05) is 24.3 Å². The van der Waals surface area contributed by atoms with Gasteiger partial charge in [0.2, 0.25) is 0 Å². The van der Waals surface area contributed by atoms with E-state index in [9.17, 15) is 9.90 Å². The zero-order chi connectivity index (χ0) is 9.26. The molecule has 2 rings (SSSR count). The van der Waals surface area contributed by atoms with Crippen LogP contribution < -0.4 is 24.0 Å². The van der Waals surface area contributed by atoms with Gasteiger partial charge in [-0.2, -0.15) is 0 Å². The number of para-hydroxylation sites is 1. The number of H-pyrrole nitrogens is 1. The molecule has 0 spiro atoms. The SMILES string of the molecule is O=C([O-])Cc1c[nH]c2ccccc12.[Li+]. The van der Waals surface area contributed by atoms with Crippen molar-refractivity contribution in [2.45, 2.75) is 6.42 Å². The van der Waals surface area contributed by atoms with E-state index < -0.39 is 5.97 Å². The fourth-order valence-corrected chi connectivity index (χ4v) is 1.43. The van der Waals surface area contributed by atoms with Crippen molar-refractivity contribution in [2.75, 3.05) is 0 Å². The molecule has 14 heavy (non-hydrogen) atoms. The van der Waals surface area contributed by atoms with Crippen LogP contribution in [0.4, 0.5) is 0 Å². The second kappa shape index (κ2) is 4.36. The molecular formula is C10H8LiNO2. The summed E-state index contributed by atoms with van der Waals surface area (Å²) in [6.07, 6.45) is 1.67. The molecule has 0 radical (unpaired) electrons. The molecule has 0 amide bonds. The van der Waals surface area contributed by atoms with Gasteiger partial charge in [0.05, 0.1) is 0 Å². The summed E-state index contributed by atoms with van der Waals surface area (Å²) >= 11 is 0. The largest absolute Gasteiger partial charge is 1.00 e. The third-order valence-electron chi connectivity index (χ3n) is 2.01. The number of aliphatic carboxylic acids is 1. The van der Waals surface area contributed by atoms with Crippen molar-refractivity contribution in [1.29, 1.82) is 0 Å². The number of carboxylic acid groups (broad SMARTS) is 1. The number of carbonyl (C=O) groups is 1. The third-order valence-corrected chi connectivity index (χ3v) is 2.01. The summed E-state index contributed by atoms with van der Waals surface area (Å²) in [5.74, 6) is -1.05. The normalized spacial score (nSPS) is 9.71. The van der Waals surface area contributed by atoms with Gasteiger partial charge in [0.1, 0.15) is 0 Å². The second-order valence-corrected chi connectivity index (χ2v) is 2.91. The fourth-order valence-electron chi connectivity index (χ4n) is 1.43. The Morgan fingerprint density at radius 1 is 1.36 bits per heavy atom. The van der Waals surface area contributed by atoms with Crippen molar-refractivity contribution in [3.05, 3.63) is 36.0 Å². The molecular weight excluding hydrogens is 173 g/mol. The average Bonchev–Trinajstić information content (AvgIpc) is 2.48. The van der Waals surface area contributed by atoms with E-state index in [-0.39, 0.29) is 25.3 Å².